The molecule has 5 aromatic rings. The number of rotatable bonds is 9. The summed E-state index contributed by atoms with van der Waals surface area (Å²) in [5, 5.41) is 9.51. The number of hydrogen-bond acceptors (Lipinski definition) is 5. The first-order chi connectivity index (χ1) is 21.2. The molecule has 1 N–H and O–H groups in total. The first-order valence-corrected chi connectivity index (χ1v) is 14.0. The maximum absolute atomic E-state index is 13.7. The fourth-order valence-corrected chi connectivity index (χ4v) is 4.78. The highest BCUT2D eigenvalue weighted by Gasteiger charge is 2.23. The van der Waals surface area contributed by atoms with Gasteiger partial charge in [0.1, 0.15) is 12.4 Å². The Kier molecular flexibility index (Phi) is 9.02. The molecule has 9 heteroatoms. The van der Waals surface area contributed by atoms with Crippen LogP contribution in [0.15, 0.2) is 115 Å². The molecule has 1 aromatic heterocycles. The second-order valence-electron chi connectivity index (χ2n) is 9.95. The number of aromatic carboxylic acids is 1. The van der Waals surface area contributed by atoms with Gasteiger partial charge in [-0.3, -0.25) is 19.5 Å². The van der Waals surface area contributed by atoms with Gasteiger partial charge in [-0.05, 0) is 79.2 Å². The van der Waals surface area contributed by atoms with Gasteiger partial charge in [0.15, 0.2) is 0 Å². The predicted molar refractivity (Wildman–Crippen MR) is 170 cm³/mol. The number of aryl methyl sites for hydroxylation is 1. The van der Waals surface area contributed by atoms with Crippen LogP contribution in [0, 0.1) is 6.92 Å². The molecule has 0 saturated carbocycles. The van der Waals surface area contributed by atoms with E-state index in [9.17, 15) is 14.4 Å². The van der Waals surface area contributed by atoms with Gasteiger partial charge < -0.3 is 14.7 Å². The van der Waals surface area contributed by atoms with Gasteiger partial charge in [-0.1, -0.05) is 48.0 Å². The number of carboxylic acid groups (broad SMARTS) is 1. The van der Waals surface area contributed by atoms with Gasteiger partial charge in [-0.15, -0.1) is 0 Å². The lowest BCUT2D eigenvalue weighted by Crippen LogP contribution is -2.28. The van der Waals surface area contributed by atoms with Gasteiger partial charge in [-0.2, -0.15) is 0 Å². The van der Waals surface area contributed by atoms with Crippen LogP contribution in [-0.4, -0.2) is 34.9 Å². The summed E-state index contributed by atoms with van der Waals surface area (Å²) in [6.45, 7) is 1.98. The first kappa shape index (κ1) is 30.0. The van der Waals surface area contributed by atoms with Gasteiger partial charge in [0.05, 0.1) is 22.6 Å². The fourth-order valence-electron chi connectivity index (χ4n) is 4.61. The molecule has 44 heavy (non-hydrogen) atoms. The molecule has 0 fully saturated rings. The average molecular weight is 606 g/mol. The lowest BCUT2D eigenvalue weighted by molar-refractivity contribution is 0.0695. The second kappa shape index (κ2) is 13.2. The highest BCUT2D eigenvalue weighted by Crippen LogP contribution is 2.34. The molecule has 0 saturated heterocycles. The quantitative estimate of drug-likeness (QED) is 0.186. The van der Waals surface area contributed by atoms with Crippen molar-refractivity contribution < 1.29 is 24.2 Å². The summed E-state index contributed by atoms with van der Waals surface area (Å²) in [7, 11) is 1.63. The third-order valence-corrected chi connectivity index (χ3v) is 7.22. The van der Waals surface area contributed by atoms with Crippen LogP contribution in [0.4, 0.5) is 17.1 Å². The van der Waals surface area contributed by atoms with Crippen LogP contribution in [0.1, 0.15) is 42.3 Å². The molecule has 0 aliphatic heterocycles. The SMILES string of the molecule is Cc1ccccc1N(C(=O)c1ccccc1)c1ccc(C(=O)N(C)c2ccc(Cl)cc2OCc2ccc(C(=O)O)cn2)cc1. The molecular formula is C35H28ClN3O5. The van der Waals surface area contributed by atoms with Crippen molar-refractivity contribution in [1.29, 1.82) is 0 Å². The molecule has 0 radical (unpaired) electrons. The molecule has 1 heterocycles. The zero-order valence-corrected chi connectivity index (χ0v) is 24.7. The second-order valence-corrected chi connectivity index (χ2v) is 10.4. The summed E-state index contributed by atoms with van der Waals surface area (Å²) in [6.07, 6.45) is 1.26. The van der Waals surface area contributed by atoms with Crippen LogP contribution in [0.2, 0.25) is 5.02 Å². The number of carbonyl (C=O) groups excluding carboxylic acids is 2. The standard InChI is InChI=1S/C35H28ClN3O5/c1-23-8-6-7-11-30(23)39(34(41)24-9-4-3-5-10-24)29-17-13-25(14-18-29)33(40)38(2)31-19-15-27(36)20-32(31)44-22-28-16-12-26(21-37-28)35(42)43/h3-21H,22H2,1-2H3,(H,42,43). The van der Waals surface area contributed by atoms with Gasteiger partial charge in [0, 0.05) is 41.1 Å². The van der Waals surface area contributed by atoms with Crippen molar-refractivity contribution in [2.45, 2.75) is 13.5 Å². The van der Waals surface area contributed by atoms with Crippen molar-refractivity contribution >= 4 is 46.4 Å². The minimum Gasteiger partial charge on any atom is -0.485 e. The number of ether oxygens (including phenoxy) is 1. The number of para-hydroxylation sites is 1. The number of nitrogens with zero attached hydrogens (tertiary/aromatic N) is 3. The first-order valence-electron chi connectivity index (χ1n) is 13.7. The van der Waals surface area contributed by atoms with E-state index in [1.54, 1.807) is 72.6 Å². The van der Waals surface area contributed by atoms with Crippen molar-refractivity contribution in [3.05, 3.63) is 148 Å². The third kappa shape index (κ3) is 6.61. The maximum atomic E-state index is 13.7. The van der Waals surface area contributed by atoms with Gasteiger partial charge in [-0.25, -0.2) is 4.79 Å². The number of pyridine rings is 1. The Hall–Kier alpha value is -5.47. The van der Waals surface area contributed by atoms with Gasteiger partial charge in [0.25, 0.3) is 11.8 Å². The normalized spacial score (nSPS) is 10.6. The Morgan fingerprint density at radius 1 is 0.773 bits per heavy atom. The molecule has 0 atom stereocenters. The van der Waals surface area contributed by atoms with Crippen LogP contribution in [0.25, 0.3) is 0 Å². The molecule has 4 aromatic carbocycles. The number of halogens is 1. The van der Waals surface area contributed by atoms with Gasteiger partial charge >= 0.3 is 5.97 Å². The van der Waals surface area contributed by atoms with E-state index in [0.29, 0.717) is 39.0 Å². The fraction of sp³-hybridized carbons (Fsp3) is 0.0857. The summed E-state index contributed by atoms with van der Waals surface area (Å²) >= 11 is 6.24. The highest BCUT2D eigenvalue weighted by atomic mass is 35.5. The molecule has 5 rings (SSSR count). The number of anilines is 3. The molecule has 0 spiro atoms. The van der Waals surface area contributed by atoms with Crippen molar-refractivity contribution in [2.24, 2.45) is 0 Å². The largest absolute Gasteiger partial charge is 0.485 e. The Bertz CT molecular complexity index is 1810. The molecule has 0 bridgehead atoms. The van der Waals surface area contributed by atoms with Crippen molar-refractivity contribution in [3.63, 3.8) is 0 Å². The predicted octanol–water partition coefficient (Wildman–Crippen LogP) is 7.58. The Morgan fingerprint density at radius 2 is 1.43 bits per heavy atom. The van der Waals surface area contributed by atoms with Crippen molar-refractivity contribution in [3.8, 4) is 5.75 Å². The highest BCUT2D eigenvalue weighted by molar-refractivity contribution is 6.30. The summed E-state index contributed by atoms with van der Waals surface area (Å²) in [5.74, 6) is -1.20. The van der Waals surface area contributed by atoms with Crippen molar-refractivity contribution in [2.75, 3.05) is 16.8 Å². The molecule has 220 valence electrons. The number of aromatic nitrogens is 1. The summed E-state index contributed by atoms with van der Waals surface area (Å²) in [6, 6.07) is 31.5. The number of carbonyl (C=O) groups is 3. The van der Waals surface area contributed by atoms with Crippen LogP contribution >= 0.6 is 11.6 Å². The topological polar surface area (TPSA) is 100 Å². The van der Waals surface area contributed by atoms with E-state index >= 15 is 0 Å². The summed E-state index contributed by atoms with van der Waals surface area (Å²) in [4.78, 5) is 45.6. The van der Waals surface area contributed by atoms with Crippen LogP contribution in [-0.2, 0) is 6.61 Å². The van der Waals surface area contributed by atoms with E-state index in [0.717, 1.165) is 11.3 Å². The van der Waals surface area contributed by atoms with Crippen molar-refractivity contribution in [1.82, 2.24) is 4.98 Å². The number of carboxylic acids is 1. The van der Waals surface area contributed by atoms with E-state index in [2.05, 4.69) is 4.98 Å². The number of amides is 2. The minimum absolute atomic E-state index is 0.0359. The van der Waals surface area contributed by atoms with Crippen LogP contribution < -0.4 is 14.5 Å². The lowest BCUT2D eigenvalue weighted by atomic mass is 10.1. The molecule has 0 aliphatic carbocycles. The Morgan fingerprint density at radius 3 is 2.09 bits per heavy atom. The zero-order valence-electron chi connectivity index (χ0n) is 24.0. The third-order valence-electron chi connectivity index (χ3n) is 6.99. The van der Waals surface area contributed by atoms with E-state index in [4.69, 9.17) is 21.4 Å². The molecule has 8 nitrogen and oxygen atoms in total. The minimum atomic E-state index is -1.07. The lowest BCUT2D eigenvalue weighted by Gasteiger charge is -2.25. The van der Waals surface area contributed by atoms with E-state index in [-0.39, 0.29) is 24.0 Å². The molecule has 2 amide bonds. The van der Waals surface area contributed by atoms with Crippen LogP contribution in [0.5, 0.6) is 5.75 Å². The zero-order chi connectivity index (χ0) is 31.2. The molecular weight excluding hydrogens is 578 g/mol. The van der Waals surface area contributed by atoms with Gasteiger partial charge in [0.2, 0.25) is 0 Å². The monoisotopic (exact) mass is 605 g/mol. The summed E-state index contributed by atoms with van der Waals surface area (Å²) in [5.41, 5.74) is 4.29. The maximum Gasteiger partial charge on any atom is 0.337 e. The Labute approximate surface area is 259 Å². The van der Waals surface area contributed by atoms with E-state index < -0.39 is 5.97 Å². The Balaban J connectivity index is 1.39. The van der Waals surface area contributed by atoms with E-state index in [1.807, 2.05) is 49.4 Å². The number of hydrogen-bond donors (Lipinski definition) is 1. The average Bonchev–Trinajstić information content (AvgIpc) is 3.05. The number of benzene rings is 4. The van der Waals surface area contributed by atoms with E-state index in [1.165, 1.54) is 17.2 Å². The summed E-state index contributed by atoms with van der Waals surface area (Å²) < 4.78 is 5.96. The van der Waals surface area contributed by atoms with Crippen LogP contribution in [0.3, 0.4) is 0 Å². The smallest absolute Gasteiger partial charge is 0.337 e. The molecule has 0 unspecified atom stereocenters. The molecule has 0 aliphatic rings.